The molecule has 1 heterocycles. The number of hydrogen-bond donors (Lipinski definition) is 0. The van der Waals surface area contributed by atoms with Gasteiger partial charge in [-0.3, -0.25) is 4.90 Å². The summed E-state index contributed by atoms with van der Waals surface area (Å²) in [5.74, 6) is 0. The average Bonchev–Trinajstić information content (AvgIpc) is 2.68. The summed E-state index contributed by atoms with van der Waals surface area (Å²) in [6, 6.07) is 6.88. The second-order valence-electron chi connectivity index (χ2n) is 3.60. The van der Waals surface area contributed by atoms with E-state index in [-0.39, 0.29) is 6.04 Å². The molecular weight excluding hydrogens is 192 g/mol. The average molecular weight is 208 g/mol. The van der Waals surface area contributed by atoms with E-state index in [2.05, 4.69) is 35.4 Å². The molecule has 0 amide bonds. The van der Waals surface area contributed by atoms with Crippen molar-refractivity contribution in [1.29, 1.82) is 5.26 Å². The molecule has 2 unspecified atom stereocenters. The SMILES string of the molecule is CC(C#N)N(C)C(C)Cc1cccs1. The Morgan fingerprint density at radius 2 is 2.29 bits per heavy atom. The lowest BCUT2D eigenvalue weighted by molar-refractivity contribution is 0.230. The molecule has 76 valence electrons. The molecule has 0 saturated heterocycles. The third kappa shape index (κ3) is 2.83. The van der Waals surface area contributed by atoms with Crippen LogP contribution in [0.25, 0.3) is 0 Å². The van der Waals surface area contributed by atoms with Gasteiger partial charge in [-0.05, 0) is 38.8 Å². The molecule has 0 aliphatic carbocycles. The lowest BCUT2D eigenvalue weighted by atomic mass is 10.1. The molecule has 2 atom stereocenters. The fourth-order valence-electron chi connectivity index (χ4n) is 1.34. The molecule has 1 aromatic heterocycles. The van der Waals surface area contributed by atoms with Crippen LogP contribution >= 0.6 is 11.3 Å². The largest absolute Gasteiger partial charge is 0.288 e. The van der Waals surface area contributed by atoms with Crippen molar-refractivity contribution >= 4 is 11.3 Å². The highest BCUT2D eigenvalue weighted by Gasteiger charge is 2.15. The van der Waals surface area contributed by atoms with Gasteiger partial charge in [-0.15, -0.1) is 11.3 Å². The molecule has 0 N–H and O–H groups in total. The zero-order chi connectivity index (χ0) is 10.6. The van der Waals surface area contributed by atoms with Crippen LogP contribution in [0.1, 0.15) is 18.7 Å². The summed E-state index contributed by atoms with van der Waals surface area (Å²) >= 11 is 1.78. The van der Waals surface area contributed by atoms with E-state index in [0.717, 1.165) is 6.42 Å². The minimum atomic E-state index is -0.00929. The van der Waals surface area contributed by atoms with Crippen molar-refractivity contribution in [3.63, 3.8) is 0 Å². The predicted molar refractivity (Wildman–Crippen MR) is 60.3 cm³/mol. The van der Waals surface area contributed by atoms with Gasteiger partial charge in [-0.1, -0.05) is 6.07 Å². The fraction of sp³-hybridized carbons (Fsp3) is 0.545. The molecular formula is C11H16N2S. The van der Waals surface area contributed by atoms with E-state index in [4.69, 9.17) is 5.26 Å². The van der Waals surface area contributed by atoms with Crippen LogP contribution in [0.3, 0.4) is 0 Å². The number of thiophene rings is 1. The molecule has 0 radical (unpaired) electrons. The van der Waals surface area contributed by atoms with Gasteiger partial charge in [-0.25, -0.2) is 0 Å². The summed E-state index contributed by atoms with van der Waals surface area (Å²) in [5, 5.41) is 10.9. The van der Waals surface area contributed by atoms with Crippen LogP contribution in [-0.2, 0) is 6.42 Å². The van der Waals surface area contributed by atoms with Crippen LogP contribution < -0.4 is 0 Å². The second kappa shape index (κ2) is 5.14. The minimum Gasteiger partial charge on any atom is -0.288 e. The van der Waals surface area contributed by atoms with Crippen LogP contribution in [0, 0.1) is 11.3 Å². The van der Waals surface area contributed by atoms with Gasteiger partial charge < -0.3 is 0 Å². The Labute approximate surface area is 89.8 Å². The van der Waals surface area contributed by atoms with E-state index >= 15 is 0 Å². The highest BCUT2D eigenvalue weighted by molar-refractivity contribution is 7.09. The zero-order valence-electron chi connectivity index (χ0n) is 8.90. The van der Waals surface area contributed by atoms with Crippen molar-refractivity contribution in [1.82, 2.24) is 4.90 Å². The Kier molecular flexibility index (Phi) is 4.12. The lowest BCUT2D eigenvalue weighted by Gasteiger charge is -2.26. The molecule has 1 rings (SSSR count). The van der Waals surface area contributed by atoms with Gasteiger partial charge in [0, 0.05) is 10.9 Å². The van der Waals surface area contributed by atoms with Gasteiger partial charge in [-0.2, -0.15) is 5.26 Å². The van der Waals surface area contributed by atoms with Gasteiger partial charge in [0.15, 0.2) is 0 Å². The van der Waals surface area contributed by atoms with Gasteiger partial charge in [0.1, 0.15) is 0 Å². The van der Waals surface area contributed by atoms with E-state index in [9.17, 15) is 0 Å². The third-order valence-corrected chi connectivity index (χ3v) is 3.47. The van der Waals surface area contributed by atoms with Crippen molar-refractivity contribution in [2.24, 2.45) is 0 Å². The number of rotatable bonds is 4. The van der Waals surface area contributed by atoms with Crippen LogP contribution in [0.5, 0.6) is 0 Å². The first kappa shape index (κ1) is 11.2. The summed E-state index contributed by atoms with van der Waals surface area (Å²) in [4.78, 5) is 3.49. The summed E-state index contributed by atoms with van der Waals surface area (Å²) in [6.07, 6.45) is 1.03. The lowest BCUT2D eigenvalue weighted by Crippen LogP contribution is -2.37. The first-order valence-electron chi connectivity index (χ1n) is 4.79. The van der Waals surface area contributed by atoms with E-state index in [0.29, 0.717) is 6.04 Å². The summed E-state index contributed by atoms with van der Waals surface area (Å²) < 4.78 is 0. The topological polar surface area (TPSA) is 27.0 Å². The summed E-state index contributed by atoms with van der Waals surface area (Å²) in [5.41, 5.74) is 0. The maximum atomic E-state index is 8.79. The molecule has 0 aliphatic rings. The standard InChI is InChI=1S/C11H16N2S/c1-9(13(3)10(2)8-12)7-11-5-4-6-14-11/h4-6,9-10H,7H2,1-3H3. The van der Waals surface area contributed by atoms with E-state index in [1.165, 1.54) is 4.88 Å². The molecule has 0 saturated carbocycles. The van der Waals surface area contributed by atoms with E-state index in [1.807, 2.05) is 14.0 Å². The predicted octanol–water partition coefficient (Wildman–Crippen LogP) is 2.52. The van der Waals surface area contributed by atoms with E-state index in [1.54, 1.807) is 11.3 Å². The van der Waals surface area contributed by atoms with Crippen LogP contribution in [-0.4, -0.2) is 24.0 Å². The van der Waals surface area contributed by atoms with Gasteiger partial charge in [0.25, 0.3) is 0 Å². The first-order chi connectivity index (χ1) is 6.65. The van der Waals surface area contributed by atoms with Gasteiger partial charge in [0.05, 0.1) is 12.1 Å². The minimum absolute atomic E-state index is 0.00929. The number of nitriles is 1. The summed E-state index contributed by atoms with van der Waals surface area (Å²) in [7, 11) is 2.01. The second-order valence-corrected chi connectivity index (χ2v) is 4.64. The molecule has 0 aliphatic heterocycles. The molecule has 0 spiro atoms. The van der Waals surface area contributed by atoms with Crippen LogP contribution in [0.2, 0.25) is 0 Å². The first-order valence-corrected chi connectivity index (χ1v) is 5.67. The molecule has 0 fully saturated rings. The van der Waals surface area contributed by atoms with Gasteiger partial charge in [0.2, 0.25) is 0 Å². The van der Waals surface area contributed by atoms with Crippen molar-refractivity contribution in [3.05, 3.63) is 22.4 Å². The highest BCUT2D eigenvalue weighted by atomic mass is 32.1. The Hall–Kier alpha value is -0.850. The number of hydrogen-bond acceptors (Lipinski definition) is 3. The monoisotopic (exact) mass is 208 g/mol. The van der Waals surface area contributed by atoms with Gasteiger partial charge >= 0.3 is 0 Å². The Bertz CT molecular complexity index is 300. The van der Waals surface area contributed by atoms with Crippen molar-refractivity contribution in [2.75, 3.05) is 7.05 Å². The maximum absolute atomic E-state index is 8.79. The van der Waals surface area contributed by atoms with Crippen molar-refractivity contribution in [2.45, 2.75) is 32.4 Å². The normalized spacial score (nSPS) is 15.1. The number of likely N-dealkylation sites (N-methyl/N-ethyl adjacent to an activating group) is 1. The third-order valence-electron chi connectivity index (χ3n) is 2.57. The molecule has 1 aromatic rings. The Morgan fingerprint density at radius 3 is 2.79 bits per heavy atom. The molecule has 0 aromatic carbocycles. The quantitative estimate of drug-likeness (QED) is 0.760. The molecule has 0 bridgehead atoms. The van der Waals surface area contributed by atoms with Crippen molar-refractivity contribution in [3.8, 4) is 6.07 Å². The zero-order valence-corrected chi connectivity index (χ0v) is 9.71. The Morgan fingerprint density at radius 1 is 1.57 bits per heavy atom. The summed E-state index contributed by atoms with van der Waals surface area (Å²) in [6.45, 7) is 4.10. The number of nitrogens with zero attached hydrogens (tertiary/aromatic N) is 2. The van der Waals surface area contributed by atoms with Crippen molar-refractivity contribution < 1.29 is 0 Å². The molecule has 3 heteroatoms. The smallest absolute Gasteiger partial charge is 0.0949 e. The molecule has 14 heavy (non-hydrogen) atoms. The van der Waals surface area contributed by atoms with Crippen LogP contribution in [0.4, 0.5) is 0 Å². The maximum Gasteiger partial charge on any atom is 0.0949 e. The highest BCUT2D eigenvalue weighted by Crippen LogP contribution is 2.14. The fourth-order valence-corrected chi connectivity index (χ4v) is 2.16. The Balaban J connectivity index is 2.50. The van der Waals surface area contributed by atoms with Crippen LogP contribution in [0.15, 0.2) is 17.5 Å². The van der Waals surface area contributed by atoms with E-state index < -0.39 is 0 Å². The molecule has 2 nitrogen and oxygen atoms in total.